The average molecular weight is 845 g/mol. The number of hydrogen-bond acceptors (Lipinski definition) is 2. The van der Waals surface area contributed by atoms with Crippen molar-refractivity contribution in [2.75, 3.05) is 4.90 Å². The normalized spacial score (nSPS) is 12.8. The van der Waals surface area contributed by atoms with E-state index in [0.717, 1.165) is 66.9 Å². The van der Waals surface area contributed by atoms with Gasteiger partial charge in [-0.2, -0.15) is 0 Å². The molecule has 13 rings (SSSR count). The van der Waals surface area contributed by atoms with E-state index in [2.05, 4.69) is 254 Å². The smallest absolute Gasteiger partial charge is 0.145 e. The van der Waals surface area contributed by atoms with Crippen LogP contribution in [0.15, 0.2) is 235 Å². The maximum atomic E-state index is 7.08. The van der Waals surface area contributed by atoms with E-state index >= 15 is 0 Å². The number of hydrogen-bond donors (Lipinski definition) is 0. The van der Waals surface area contributed by atoms with E-state index in [1.165, 1.54) is 55.2 Å². The molecule has 1 aliphatic carbocycles. The van der Waals surface area contributed by atoms with Crippen molar-refractivity contribution in [1.82, 2.24) is 4.57 Å². The van der Waals surface area contributed by atoms with Gasteiger partial charge in [-0.15, -0.1) is 0 Å². The molecule has 10 aromatic carbocycles. The van der Waals surface area contributed by atoms with E-state index in [9.17, 15) is 0 Å². The highest BCUT2D eigenvalue weighted by Gasteiger charge is 2.35. The second-order valence-electron chi connectivity index (χ2n) is 18.0. The first-order chi connectivity index (χ1) is 32.5. The van der Waals surface area contributed by atoms with Crippen LogP contribution in [0.1, 0.15) is 25.0 Å². The number of rotatable bonds is 7. The zero-order valence-electron chi connectivity index (χ0n) is 36.7. The third kappa shape index (κ3) is 5.76. The second-order valence-corrected chi connectivity index (χ2v) is 18.0. The number of para-hydroxylation sites is 5. The number of furan rings is 1. The number of fused-ring (bicyclic) bond motifs is 9. The van der Waals surface area contributed by atoms with Gasteiger partial charge in [-0.25, -0.2) is 0 Å². The monoisotopic (exact) mass is 844 g/mol. The molecule has 66 heavy (non-hydrogen) atoms. The van der Waals surface area contributed by atoms with Crippen molar-refractivity contribution in [2.24, 2.45) is 0 Å². The van der Waals surface area contributed by atoms with E-state index in [1.54, 1.807) is 0 Å². The summed E-state index contributed by atoms with van der Waals surface area (Å²) in [5, 5.41) is 4.60. The molecule has 3 heteroatoms. The van der Waals surface area contributed by atoms with Gasteiger partial charge in [-0.1, -0.05) is 184 Å². The molecule has 0 amide bonds. The SMILES string of the molecule is CC1(C)c2ccccc2-c2ccc(-c3ccc(N(c4ccccc4-c4ccccc4)c4ccc(-c5ccccc5-n5c6ccccc6c6ccccc65)c5oc6ccccc6c45)cc3)cc21. The maximum Gasteiger partial charge on any atom is 0.145 e. The summed E-state index contributed by atoms with van der Waals surface area (Å²) >= 11 is 0. The highest BCUT2D eigenvalue weighted by Crippen LogP contribution is 2.51. The van der Waals surface area contributed by atoms with Gasteiger partial charge in [0.05, 0.1) is 33.5 Å². The zero-order valence-corrected chi connectivity index (χ0v) is 36.7. The predicted molar refractivity (Wildman–Crippen MR) is 277 cm³/mol. The molecule has 1 aliphatic rings. The molecule has 0 saturated carbocycles. The second kappa shape index (κ2) is 14.8. The molecule has 0 bridgehead atoms. The standard InChI is InChI=1S/C63H44N2O/c1-63(2)53-26-12-6-21-46(53)47-37-34-43(40-54(47)63)41-32-35-44(36-33-41)64(55-27-13-7-20-45(55)42-18-4-3-5-19-42)59-39-38-51(62-61(59)52-25-11-17-31-60(52)66-62)50-24-10-16-30-58(50)65-56-28-14-8-22-48(56)49-23-9-15-29-57(49)65/h3-40H,1-2H3. The number of aromatic nitrogens is 1. The van der Waals surface area contributed by atoms with Crippen molar-refractivity contribution in [3.8, 4) is 50.2 Å². The van der Waals surface area contributed by atoms with Crippen LogP contribution >= 0.6 is 0 Å². The van der Waals surface area contributed by atoms with Gasteiger partial charge in [0, 0.05) is 44.0 Å². The van der Waals surface area contributed by atoms with Crippen LogP contribution in [0.4, 0.5) is 17.1 Å². The lowest BCUT2D eigenvalue weighted by atomic mass is 9.81. The minimum atomic E-state index is -0.0747. The van der Waals surface area contributed by atoms with Gasteiger partial charge in [0.2, 0.25) is 0 Å². The van der Waals surface area contributed by atoms with E-state index in [4.69, 9.17) is 4.42 Å². The first-order valence-corrected chi connectivity index (χ1v) is 22.8. The molecule has 0 saturated heterocycles. The largest absolute Gasteiger partial charge is 0.455 e. The van der Waals surface area contributed by atoms with Gasteiger partial charge in [0.25, 0.3) is 0 Å². The quantitative estimate of drug-likeness (QED) is 0.159. The van der Waals surface area contributed by atoms with Crippen molar-refractivity contribution >= 4 is 60.8 Å². The summed E-state index contributed by atoms with van der Waals surface area (Å²) in [5.74, 6) is 0. The van der Waals surface area contributed by atoms with Crippen LogP contribution in [0.3, 0.4) is 0 Å². The summed E-state index contributed by atoms with van der Waals surface area (Å²) in [5.41, 5.74) is 20.5. The number of nitrogens with zero attached hydrogens (tertiary/aromatic N) is 2. The molecule has 0 atom stereocenters. The van der Waals surface area contributed by atoms with Crippen LogP contribution in [-0.2, 0) is 5.41 Å². The molecule has 0 unspecified atom stereocenters. The van der Waals surface area contributed by atoms with Gasteiger partial charge in [0.1, 0.15) is 11.2 Å². The maximum absolute atomic E-state index is 7.08. The lowest BCUT2D eigenvalue weighted by Gasteiger charge is -2.29. The lowest BCUT2D eigenvalue weighted by molar-refractivity contribution is 0.660. The fourth-order valence-corrected chi connectivity index (χ4v) is 10.9. The summed E-state index contributed by atoms with van der Waals surface area (Å²) in [7, 11) is 0. The molecule has 312 valence electrons. The van der Waals surface area contributed by atoms with Crippen molar-refractivity contribution in [3.05, 3.63) is 242 Å². The zero-order chi connectivity index (χ0) is 43.9. The Hall–Kier alpha value is -8.40. The predicted octanol–water partition coefficient (Wildman–Crippen LogP) is 17.5. The van der Waals surface area contributed by atoms with Gasteiger partial charge in [-0.3, -0.25) is 0 Å². The minimum absolute atomic E-state index is 0.0747. The lowest BCUT2D eigenvalue weighted by Crippen LogP contribution is -2.14. The molecule has 12 aromatic rings. The van der Waals surface area contributed by atoms with E-state index in [0.29, 0.717) is 0 Å². The molecule has 0 radical (unpaired) electrons. The first kappa shape index (κ1) is 38.1. The Balaban J connectivity index is 1.02. The van der Waals surface area contributed by atoms with Crippen molar-refractivity contribution in [3.63, 3.8) is 0 Å². The van der Waals surface area contributed by atoms with Crippen LogP contribution in [0.5, 0.6) is 0 Å². The third-order valence-corrected chi connectivity index (χ3v) is 14.0. The fourth-order valence-electron chi connectivity index (χ4n) is 10.9. The van der Waals surface area contributed by atoms with Crippen molar-refractivity contribution in [1.29, 1.82) is 0 Å². The van der Waals surface area contributed by atoms with Crippen molar-refractivity contribution in [2.45, 2.75) is 19.3 Å². The van der Waals surface area contributed by atoms with Gasteiger partial charge < -0.3 is 13.9 Å². The molecule has 0 fully saturated rings. The van der Waals surface area contributed by atoms with Crippen LogP contribution in [-0.4, -0.2) is 4.57 Å². The molecule has 2 heterocycles. The summed E-state index contributed by atoms with van der Waals surface area (Å²) in [4.78, 5) is 2.43. The van der Waals surface area contributed by atoms with Crippen LogP contribution < -0.4 is 4.90 Å². The van der Waals surface area contributed by atoms with E-state index < -0.39 is 0 Å². The van der Waals surface area contributed by atoms with Crippen LogP contribution in [0.25, 0.3) is 93.9 Å². The van der Waals surface area contributed by atoms with Gasteiger partial charge in [-0.05, 0) is 99.6 Å². The molecular weight excluding hydrogens is 801 g/mol. The Morgan fingerprint density at radius 1 is 0.394 bits per heavy atom. The summed E-state index contributed by atoms with van der Waals surface area (Å²) in [6.45, 7) is 4.70. The summed E-state index contributed by atoms with van der Waals surface area (Å²) in [6.07, 6.45) is 0. The molecule has 3 nitrogen and oxygen atoms in total. The Morgan fingerprint density at radius 3 is 1.74 bits per heavy atom. The third-order valence-electron chi connectivity index (χ3n) is 14.0. The molecule has 0 spiro atoms. The molecule has 0 N–H and O–H groups in total. The Labute approximate surface area is 384 Å². The molecule has 0 aliphatic heterocycles. The van der Waals surface area contributed by atoms with E-state index in [1.807, 2.05) is 0 Å². The van der Waals surface area contributed by atoms with Gasteiger partial charge >= 0.3 is 0 Å². The molecular formula is C63H44N2O. The summed E-state index contributed by atoms with van der Waals surface area (Å²) in [6, 6.07) is 83.7. The number of benzene rings is 10. The Bertz CT molecular complexity index is 3800. The highest BCUT2D eigenvalue weighted by molar-refractivity contribution is 6.18. The fraction of sp³-hybridized carbons (Fsp3) is 0.0476. The molecule has 2 aromatic heterocycles. The topological polar surface area (TPSA) is 21.3 Å². The van der Waals surface area contributed by atoms with Crippen molar-refractivity contribution < 1.29 is 4.42 Å². The number of anilines is 3. The summed E-state index contributed by atoms with van der Waals surface area (Å²) < 4.78 is 9.49. The van der Waals surface area contributed by atoms with E-state index in [-0.39, 0.29) is 5.41 Å². The first-order valence-electron chi connectivity index (χ1n) is 22.8. The van der Waals surface area contributed by atoms with Crippen LogP contribution in [0, 0.1) is 0 Å². The highest BCUT2D eigenvalue weighted by atomic mass is 16.3. The van der Waals surface area contributed by atoms with Crippen LogP contribution in [0.2, 0.25) is 0 Å². The Morgan fingerprint density at radius 2 is 0.970 bits per heavy atom. The minimum Gasteiger partial charge on any atom is -0.455 e. The van der Waals surface area contributed by atoms with Gasteiger partial charge in [0.15, 0.2) is 0 Å². The Kier molecular flexibility index (Phi) is 8.56. The average Bonchev–Trinajstić information content (AvgIpc) is 4.01.